The van der Waals surface area contributed by atoms with E-state index in [1.54, 1.807) is 19.1 Å². The molecule has 0 N–H and O–H groups in total. The summed E-state index contributed by atoms with van der Waals surface area (Å²) < 4.78 is 5.62. The van der Waals surface area contributed by atoms with Gasteiger partial charge in [0.15, 0.2) is 0 Å². The molecule has 128 valence electrons. The number of benzene rings is 1. The summed E-state index contributed by atoms with van der Waals surface area (Å²) >= 11 is 0. The van der Waals surface area contributed by atoms with Crippen LogP contribution in [0.15, 0.2) is 65.3 Å². The average Bonchev–Trinajstić information content (AvgIpc) is 2.63. The Kier molecular flexibility index (Phi) is 7.76. The van der Waals surface area contributed by atoms with Crippen molar-refractivity contribution in [3.05, 3.63) is 82.3 Å². The van der Waals surface area contributed by atoms with Gasteiger partial charge in [0, 0.05) is 19.8 Å². The summed E-state index contributed by atoms with van der Waals surface area (Å²) in [6.45, 7) is 12.8. The SMILES string of the molecule is CC.[C-]#[N+]/C(C#N)=C1/C=C(C)OC(/C=C/c2ccc(N(C)C)cc2)=C1. The Morgan fingerprint density at radius 2 is 1.80 bits per heavy atom. The van der Waals surface area contributed by atoms with E-state index >= 15 is 0 Å². The number of hydrogen-bond donors (Lipinski definition) is 0. The summed E-state index contributed by atoms with van der Waals surface area (Å²) in [5, 5.41) is 8.99. The van der Waals surface area contributed by atoms with Gasteiger partial charge in [0.2, 0.25) is 0 Å². The van der Waals surface area contributed by atoms with Crippen molar-refractivity contribution >= 4 is 11.8 Å². The summed E-state index contributed by atoms with van der Waals surface area (Å²) in [6.07, 6.45) is 7.17. The number of ether oxygens (including phenoxy) is 1. The largest absolute Gasteiger partial charge is 0.462 e. The van der Waals surface area contributed by atoms with Crippen molar-refractivity contribution in [2.24, 2.45) is 0 Å². The number of rotatable bonds is 3. The minimum absolute atomic E-state index is 0.0638. The van der Waals surface area contributed by atoms with Gasteiger partial charge in [-0.05, 0) is 48.4 Å². The minimum atomic E-state index is 0.0638. The van der Waals surface area contributed by atoms with Gasteiger partial charge in [-0.3, -0.25) is 0 Å². The third-order valence-electron chi connectivity index (χ3n) is 3.28. The highest BCUT2D eigenvalue weighted by molar-refractivity contribution is 5.58. The topological polar surface area (TPSA) is 40.6 Å². The Hall–Kier alpha value is -3.24. The van der Waals surface area contributed by atoms with Crippen molar-refractivity contribution < 1.29 is 4.74 Å². The molecular weight excluding hydrogens is 310 g/mol. The van der Waals surface area contributed by atoms with Crippen molar-refractivity contribution in [3.63, 3.8) is 0 Å². The summed E-state index contributed by atoms with van der Waals surface area (Å²) in [4.78, 5) is 5.28. The molecule has 0 saturated carbocycles. The molecule has 0 aliphatic carbocycles. The zero-order valence-electron chi connectivity index (χ0n) is 15.4. The van der Waals surface area contributed by atoms with Crippen LogP contribution in [0.5, 0.6) is 0 Å². The predicted octanol–water partition coefficient (Wildman–Crippen LogP) is 5.31. The molecule has 0 atom stereocenters. The quantitative estimate of drug-likeness (QED) is 0.556. The Balaban J connectivity index is 0.00000151. The number of anilines is 1. The number of allylic oxidation sites excluding steroid dienone is 6. The van der Waals surface area contributed by atoms with E-state index in [2.05, 4.69) is 4.85 Å². The van der Waals surface area contributed by atoms with Crippen LogP contribution in [-0.4, -0.2) is 14.1 Å². The highest BCUT2D eigenvalue weighted by Crippen LogP contribution is 2.23. The molecule has 0 saturated heterocycles. The van der Waals surface area contributed by atoms with E-state index in [0.717, 1.165) is 11.3 Å². The van der Waals surface area contributed by atoms with Crippen LogP contribution in [0.1, 0.15) is 26.3 Å². The smallest absolute Gasteiger partial charge is 0.269 e. The van der Waals surface area contributed by atoms with Crippen molar-refractivity contribution in [1.82, 2.24) is 0 Å². The molecular formula is C21H23N3O. The molecule has 1 aliphatic rings. The first-order valence-electron chi connectivity index (χ1n) is 8.08. The van der Waals surface area contributed by atoms with E-state index in [-0.39, 0.29) is 5.70 Å². The van der Waals surface area contributed by atoms with Crippen LogP contribution >= 0.6 is 0 Å². The molecule has 1 heterocycles. The van der Waals surface area contributed by atoms with Crippen molar-refractivity contribution in [2.75, 3.05) is 19.0 Å². The summed E-state index contributed by atoms with van der Waals surface area (Å²) in [6, 6.07) is 10.0. The highest BCUT2D eigenvalue weighted by Gasteiger charge is 2.10. The Labute approximate surface area is 150 Å². The van der Waals surface area contributed by atoms with Crippen LogP contribution in [0.2, 0.25) is 0 Å². The molecule has 0 unspecified atom stereocenters. The van der Waals surface area contributed by atoms with E-state index in [1.807, 2.05) is 75.3 Å². The Bertz CT molecular complexity index is 779. The van der Waals surface area contributed by atoms with Gasteiger partial charge < -0.3 is 9.64 Å². The maximum Gasteiger partial charge on any atom is 0.269 e. The fourth-order valence-electron chi connectivity index (χ4n) is 2.09. The molecule has 0 bridgehead atoms. The van der Waals surface area contributed by atoms with E-state index in [9.17, 15) is 0 Å². The first-order valence-corrected chi connectivity index (χ1v) is 8.08. The highest BCUT2D eigenvalue weighted by atomic mass is 16.5. The lowest BCUT2D eigenvalue weighted by Crippen LogP contribution is -2.07. The Morgan fingerprint density at radius 3 is 2.32 bits per heavy atom. The lowest BCUT2D eigenvalue weighted by Gasteiger charge is -2.13. The van der Waals surface area contributed by atoms with Gasteiger partial charge in [0.25, 0.3) is 5.70 Å². The van der Waals surface area contributed by atoms with Crippen molar-refractivity contribution in [3.8, 4) is 6.07 Å². The van der Waals surface area contributed by atoms with E-state index in [1.165, 1.54) is 0 Å². The maximum absolute atomic E-state index is 8.99. The fourth-order valence-corrected chi connectivity index (χ4v) is 2.09. The average molecular weight is 333 g/mol. The normalized spacial score (nSPS) is 14.8. The van der Waals surface area contributed by atoms with Crippen LogP contribution in [0.3, 0.4) is 0 Å². The van der Waals surface area contributed by atoms with Gasteiger partial charge in [0.1, 0.15) is 11.5 Å². The molecule has 4 nitrogen and oxygen atoms in total. The number of hydrogen-bond acceptors (Lipinski definition) is 3. The fraction of sp³-hybridized carbons (Fsp3) is 0.238. The molecule has 0 fully saturated rings. The molecule has 4 heteroatoms. The first-order chi connectivity index (χ1) is 12.0. The van der Waals surface area contributed by atoms with Crippen LogP contribution in [0, 0.1) is 17.9 Å². The van der Waals surface area contributed by atoms with E-state index in [0.29, 0.717) is 17.1 Å². The summed E-state index contributed by atoms with van der Waals surface area (Å²) in [7, 11) is 4.00. The molecule has 0 amide bonds. The second-order valence-electron chi connectivity index (χ2n) is 5.25. The van der Waals surface area contributed by atoms with Gasteiger partial charge >= 0.3 is 0 Å². The monoisotopic (exact) mass is 333 g/mol. The van der Waals surface area contributed by atoms with Gasteiger partial charge in [-0.25, -0.2) is 10.1 Å². The lowest BCUT2D eigenvalue weighted by molar-refractivity contribution is 0.318. The van der Waals surface area contributed by atoms with Gasteiger partial charge in [-0.2, -0.15) is 0 Å². The Morgan fingerprint density at radius 1 is 1.16 bits per heavy atom. The zero-order chi connectivity index (χ0) is 18.8. The third-order valence-corrected chi connectivity index (χ3v) is 3.28. The molecule has 25 heavy (non-hydrogen) atoms. The molecule has 1 aliphatic heterocycles. The van der Waals surface area contributed by atoms with E-state index < -0.39 is 0 Å². The van der Waals surface area contributed by atoms with Crippen LogP contribution < -0.4 is 4.90 Å². The molecule has 1 aromatic carbocycles. The van der Waals surface area contributed by atoms with Crippen LogP contribution in [-0.2, 0) is 4.74 Å². The third kappa shape index (κ3) is 5.71. The van der Waals surface area contributed by atoms with Gasteiger partial charge in [0.05, 0.1) is 12.6 Å². The van der Waals surface area contributed by atoms with Gasteiger partial charge in [-0.15, -0.1) is 0 Å². The zero-order valence-corrected chi connectivity index (χ0v) is 15.4. The van der Waals surface area contributed by atoms with Crippen molar-refractivity contribution in [1.29, 1.82) is 5.26 Å². The number of nitriles is 1. The summed E-state index contributed by atoms with van der Waals surface area (Å²) in [5.41, 5.74) is 2.82. The van der Waals surface area contributed by atoms with Gasteiger partial charge in [-0.1, -0.05) is 32.1 Å². The second kappa shape index (κ2) is 9.80. The molecule has 0 aromatic heterocycles. The van der Waals surface area contributed by atoms with Crippen molar-refractivity contribution in [2.45, 2.75) is 20.8 Å². The molecule has 0 radical (unpaired) electrons. The second-order valence-corrected chi connectivity index (χ2v) is 5.25. The molecule has 0 spiro atoms. The predicted molar refractivity (Wildman–Crippen MR) is 103 cm³/mol. The molecule has 2 rings (SSSR count). The van der Waals surface area contributed by atoms with Crippen LogP contribution in [0.25, 0.3) is 10.9 Å². The van der Waals surface area contributed by atoms with Crippen LogP contribution in [0.4, 0.5) is 5.69 Å². The minimum Gasteiger partial charge on any atom is -0.462 e. The number of nitrogens with zero attached hydrogens (tertiary/aromatic N) is 3. The van der Waals surface area contributed by atoms with E-state index in [4.69, 9.17) is 16.6 Å². The standard InChI is InChI=1S/C19H17N3O.C2H6/c1-14-11-16(19(13-20)21-2)12-18(23-14)10-7-15-5-8-17(9-6-15)22(3)4;1-2/h5-12H,1,3-4H3;1-2H3/b10-7+,19-16-;. The molecule has 1 aromatic rings. The maximum atomic E-state index is 8.99. The first kappa shape index (κ1) is 19.8. The summed E-state index contributed by atoms with van der Waals surface area (Å²) in [5.74, 6) is 1.26. The lowest BCUT2D eigenvalue weighted by atomic mass is 10.1.